The van der Waals surface area contributed by atoms with Gasteiger partial charge < -0.3 is 44.6 Å². The van der Waals surface area contributed by atoms with Gasteiger partial charge in [-0.1, -0.05) is 124 Å². The number of carboxylic acids is 2. The van der Waals surface area contributed by atoms with Crippen molar-refractivity contribution in [3.8, 4) is 0 Å². The highest BCUT2D eigenvalue weighted by molar-refractivity contribution is 5.67. The second-order valence-electron chi connectivity index (χ2n) is 14.0. The zero-order valence-electron chi connectivity index (χ0n) is 33.9. The van der Waals surface area contributed by atoms with E-state index in [-0.39, 0.29) is 12.3 Å². The van der Waals surface area contributed by atoms with Gasteiger partial charge in [-0.2, -0.15) is 0 Å². The number of aliphatic carboxylic acids is 2. The van der Waals surface area contributed by atoms with Crippen LogP contribution >= 0.6 is 0 Å². The summed E-state index contributed by atoms with van der Waals surface area (Å²) in [6.45, 7) is 37.8. The molecule has 0 aromatic carbocycles. The van der Waals surface area contributed by atoms with Crippen LogP contribution < -0.4 is 34.4 Å². The maximum absolute atomic E-state index is 9.97. The Morgan fingerprint density at radius 2 is 0.565 bits per heavy atom. The van der Waals surface area contributed by atoms with E-state index in [0.29, 0.717) is 48.5 Å². The van der Waals surface area contributed by atoms with Gasteiger partial charge in [0.25, 0.3) is 0 Å². The summed E-state index contributed by atoms with van der Waals surface area (Å²) in [5, 5.41) is 16.4. The molecule has 10 nitrogen and oxygen atoms in total. The average Bonchev–Trinajstić information content (AvgIpc) is 2.98. The summed E-state index contributed by atoms with van der Waals surface area (Å²) in [5.74, 6) is 3.15. The van der Waals surface area contributed by atoms with E-state index in [4.69, 9.17) is 44.6 Å². The van der Waals surface area contributed by atoms with Gasteiger partial charge in [0, 0.05) is 12.8 Å². The third-order valence-electron chi connectivity index (χ3n) is 5.32. The zero-order valence-corrected chi connectivity index (χ0v) is 33.9. The number of rotatable bonds is 12. The molecule has 0 radical (unpaired) electrons. The van der Waals surface area contributed by atoms with Gasteiger partial charge in [0.2, 0.25) is 0 Å². The Morgan fingerprint density at radius 3 is 0.609 bits per heavy atom. The lowest BCUT2D eigenvalue weighted by Gasteiger charge is -2.00. The van der Waals surface area contributed by atoms with Crippen LogP contribution in [0.5, 0.6) is 0 Å². The first-order chi connectivity index (χ1) is 20.9. The molecule has 0 aliphatic heterocycles. The fraction of sp³-hybridized carbons (Fsp3) is 0.944. The fourth-order valence-electron chi connectivity index (χ4n) is 0.824. The molecule has 14 N–H and O–H groups in total. The minimum Gasteiger partial charge on any atom is -0.481 e. The molecule has 288 valence electrons. The summed E-state index contributed by atoms with van der Waals surface area (Å²) >= 11 is 0. The summed E-state index contributed by atoms with van der Waals surface area (Å²) in [4.78, 5) is 19.9. The summed E-state index contributed by atoms with van der Waals surface area (Å²) in [5.41, 5.74) is 31.0. The number of carboxylic acid groups (broad SMARTS) is 2. The van der Waals surface area contributed by atoms with Crippen molar-refractivity contribution in [2.24, 2.45) is 81.7 Å². The van der Waals surface area contributed by atoms with Gasteiger partial charge in [-0.3, -0.25) is 9.59 Å². The Bertz CT molecular complexity index is 449. The molecule has 0 bridgehead atoms. The zero-order chi connectivity index (χ0) is 38.8. The number of hydrogen-bond donors (Lipinski definition) is 8. The number of hydrogen-bond acceptors (Lipinski definition) is 8. The Labute approximate surface area is 289 Å². The van der Waals surface area contributed by atoms with Crippen LogP contribution in [0.25, 0.3) is 0 Å². The second kappa shape index (κ2) is 53.2. The molecular weight excluding hydrogens is 580 g/mol. The largest absolute Gasteiger partial charge is 0.481 e. The molecule has 0 aromatic heterocycles. The van der Waals surface area contributed by atoms with Crippen molar-refractivity contribution in [3.05, 3.63) is 0 Å². The highest BCUT2D eigenvalue weighted by Gasteiger charge is 2.03. The van der Waals surface area contributed by atoms with Crippen molar-refractivity contribution in [2.45, 2.75) is 136 Å². The van der Waals surface area contributed by atoms with E-state index in [2.05, 4.69) is 90.0 Å². The van der Waals surface area contributed by atoms with Crippen LogP contribution in [0.2, 0.25) is 0 Å². The van der Waals surface area contributed by atoms with Crippen LogP contribution in [0.4, 0.5) is 0 Å². The van der Waals surface area contributed by atoms with Gasteiger partial charge in [-0.05, 0) is 86.6 Å². The first-order valence-corrected chi connectivity index (χ1v) is 17.6. The van der Waals surface area contributed by atoms with Crippen LogP contribution in [0.15, 0.2) is 0 Å². The van der Waals surface area contributed by atoms with Gasteiger partial charge in [0.1, 0.15) is 0 Å². The van der Waals surface area contributed by atoms with E-state index < -0.39 is 11.9 Å². The quantitative estimate of drug-likeness (QED) is 0.110. The maximum Gasteiger partial charge on any atom is 0.303 e. The Morgan fingerprint density at radius 1 is 0.391 bits per heavy atom. The molecule has 0 saturated heterocycles. The summed E-state index contributed by atoms with van der Waals surface area (Å²) in [7, 11) is 0. The van der Waals surface area contributed by atoms with Crippen LogP contribution in [0.3, 0.4) is 0 Å². The molecule has 2 unspecified atom stereocenters. The van der Waals surface area contributed by atoms with E-state index in [1.165, 1.54) is 6.42 Å². The van der Waals surface area contributed by atoms with Crippen LogP contribution in [-0.4, -0.2) is 61.4 Å². The molecule has 0 rings (SSSR count). The molecule has 0 aliphatic carbocycles. The Kier molecular flexibility index (Phi) is 73.3. The second-order valence-corrected chi connectivity index (χ2v) is 14.0. The molecule has 0 amide bonds. The van der Waals surface area contributed by atoms with Gasteiger partial charge in [0.05, 0.1) is 0 Å². The minimum absolute atomic E-state index is 0.104. The minimum atomic E-state index is -0.775. The first kappa shape index (κ1) is 63.4. The maximum atomic E-state index is 9.97. The van der Waals surface area contributed by atoms with Crippen molar-refractivity contribution in [1.82, 2.24) is 0 Å². The van der Waals surface area contributed by atoms with E-state index in [9.17, 15) is 9.59 Å². The smallest absolute Gasteiger partial charge is 0.303 e. The molecule has 0 aliphatic rings. The number of carbonyl (C=O) groups is 2. The predicted octanol–water partition coefficient (Wildman–Crippen LogP) is 6.62. The molecular formula is C36H90N6O4. The SMILES string of the molecule is CC(C)CN.CC(C)CN.CC(C)CN.CC(C)CN.CC(C)CN.CC(CN)CC(=O)O.CCC(C)C.CCC(C)CC(=O)O. The normalized spacial score (nSPS) is 10.9. The topological polar surface area (TPSA) is 231 Å². The van der Waals surface area contributed by atoms with Crippen LogP contribution in [-0.2, 0) is 9.59 Å². The molecule has 0 heterocycles. The van der Waals surface area contributed by atoms with Crippen molar-refractivity contribution >= 4 is 11.9 Å². The standard InChI is InChI=1S/C6H12O2.C5H11NO2.C5H12.5C4H11N/c1-3-5(2)4-6(7)8;1-4(3-6)2-5(7)8;1-4-5(2)3;5*1-4(2)3-5/h5H,3-4H2,1-2H3,(H,7,8);4H,2-3,6H2,1H3,(H,7,8);5H,4H2,1-3H3;5*4H,3,5H2,1-2H3. The molecule has 0 fully saturated rings. The summed E-state index contributed by atoms with van der Waals surface area (Å²) < 4.78 is 0. The van der Waals surface area contributed by atoms with Crippen molar-refractivity contribution in [3.63, 3.8) is 0 Å². The van der Waals surface area contributed by atoms with E-state index in [1.807, 2.05) is 20.8 Å². The van der Waals surface area contributed by atoms with Gasteiger partial charge in [0.15, 0.2) is 0 Å². The van der Waals surface area contributed by atoms with Crippen molar-refractivity contribution < 1.29 is 19.8 Å². The highest BCUT2D eigenvalue weighted by Crippen LogP contribution is 2.04. The van der Waals surface area contributed by atoms with Crippen molar-refractivity contribution in [1.29, 1.82) is 0 Å². The van der Waals surface area contributed by atoms with Gasteiger partial charge in [-0.25, -0.2) is 0 Å². The molecule has 46 heavy (non-hydrogen) atoms. The summed E-state index contributed by atoms with van der Waals surface area (Å²) in [6.07, 6.45) is 2.74. The third kappa shape index (κ3) is 144. The lowest BCUT2D eigenvalue weighted by atomic mass is 10.1. The number of nitrogens with two attached hydrogens (primary N) is 6. The molecule has 0 aromatic rings. The van der Waals surface area contributed by atoms with Gasteiger partial charge in [-0.15, -0.1) is 0 Å². The molecule has 0 spiro atoms. The van der Waals surface area contributed by atoms with Crippen molar-refractivity contribution in [2.75, 3.05) is 39.3 Å². The van der Waals surface area contributed by atoms with E-state index in [0.717, 1.165) is 45.1 Å². The fourth-order valence-corrected chi connectivity index (χ4v) is 0.824. The molecule has 2 atom stereocenters. The monoisotopic (exact) mass is 671 g/mol. The lowest BCUT2D eigenvalue weighted by Crippen LogP contribution is -2.14. The lowest BCUT2D eigenvalue weighted by molar-refractivity contribution is -0.139. The van der Waals surface area contributed by atoms with Crippen LogP contribution in [0.1, 0.15) is 136 Å². The molecule has 0 saturated carbocycles. The Hall–Kier alpha value is -1.30. The molecule has 10 heteroatoms. The average molecular weight is 671 g/mol. The third-order valence-corrected chi connectivity index (χ3v) is 5.32. The summed E-state index contributed by atoms with van der Waals surface area (Å²) in [6, 6.07) is 0. The Balaban J connectivity index is -0.0000000604. The van der Waals surface area contributed by atoms with Crippen LogP contribution in [0, 0.1) is 47.3 Å². The first-order valence-electron chi connectivity index (χ1n) is 17.6. The van der Waals surface area contributed by atoms with E-state index in [1.54, 1.807) is 0 Å². The highest BCUT2D eigenvalue weighted by atomic mass is 16.4. The predicted molar refractivity (Wildman–Crippen MR) is 207 cm³/mol. The van der Waals surface area contributed by atoms with Gasteiger partial charge >= 0.3 is 11.9 Å². The van der Waals surface area contributed by atoms with E-state index >= 15 is 0 Å².